The number of ketones is 1. The summed E-state index contributed by atoms with van der Waals surface area (Å²) in [6, 6.07) is 19.4. The van der Waals surface area contributed by atoms with E-state index in [1.807, 2.05) is 67.6 Å². The average molecular weight is 475 g/mol. The average Bonchev–Trinajstić information content (AvgIpc) is 2.88. The predicted octanol–water partition coefficient (Wildman–Crippen LogP) is 4.73. The largest absolute Gasteiger partial charge is 0.475 e. The van der Waals surface area contributed by atoms with Gasteiger partial charge in [-0.3, -0.25) is 9.79 Å². The number of rotatable bonds is 13. The highest BCUT2D eigenvalue weighted by molar-refractivity contribution is 6.21. The van der Waals surface area contributed by atoms with E-state index < -0.39 is 0 Å². The van der Waals surface area contributed by atoms with Crippen molar-refractivity contribution in [3.8, 4) is 5.88 Å². The normalized spacial score (nSPS) is 12.8. The summed E-state index contributed by atoms with van der Waals surface area (Å²) in [5, 5.41) is 0. The summed E-state index contributed by atoms with van der Waals surface area (Å²) < 4.78 is 22.6. The number of carbonyl (C=O) groups is 1. The molecule has 0 atom stereocenters. The number of aromatic nitrogens is 1. The highest BCUT2D eigenvalue weighted by atomic mass is 16.6. The second kappa shape index (κ2) is 12.9. The van der Waals surface area contributed by atoms with Crippen molar-refractivity contribution in [3.63, 3.8) is 0 Å². The van der Waals surface area contributed by atoms with Gasteiger partial charge in [0.05, 0.1) is 63.0 Å². The van der Waals surface area contributed by atoms with Crippen LogP contribution < -0.4 is 4.74 Å². The van der Waals surface area contributed by atoms with Gasteiger partial charge in [0.2, 0.25) is 5.88 Å². The molecule has 2 heterocycles. The first-order valence-electron chi connectivity index (χ1n) is 11.8. The zero-order valence-electron chi connectivity index (χ0n) is 19.9. The molecule has 182 valence electrons. The fourth-order valence-electron chi connectivity index (χ4n) is 3.82. The van der Waals surface area contributed by atoms with Crippen molar-refractivity contribution < 1.29 is 23.7 Å². The standard InChI is InChI=1S/C28H30N2O5/c1-21-7-5-11-24-27(21)26(31)19-25(30-24)23-10-6-12-29-28(23)35-18-17-33-14-13-32-15-16-34-20-22-8-3-2-4-9-22/h2-12H,13-20H2,1H3. The fraction of sp³-hybridized carbons (Fsp3) is 0.321. The van der Waals surface area contributed by atoms with E-state index in [1.165, 1.54) is 0 Å². The van der Waals surface area contributed by atoms with Gasteiger partial charge >= 0.3 is 0 Å². The molecular formula is C28H30N2O5. The smallest absolute Gasteiger partial charge is 0.222 e. The van der Waals surface area contributed by atoms with Gasteiger partial charge in [0, 0.05) is 11.8 Å². The number of Topliss-reactive ketones (excluding diaryl/α,β-unsaturated/α-hetero) is 1. The minimum absolute atomic E-state index is 0.0618. The van der Waals surface area contributed by atoms with E-state index in [0.29, 0.717) is 69.1 Å². The lowest BCUT2D eigenvalue weighted by Crippen LogP contribution is -2.18. The Morgan fingerprint density at radius 3 is 2.34 bits per heavy atom. The zero-order chi connectivity index (χ0) is 24.3. The molecule has 7 nitrogen and oxygen atoms in total. The van der Waals surface area contributed by atoms with Crippen LogP contribution in [0.4, 0.5) is 5.69 Å². The molecule has 0 N–H and O–H groups in total. The second-order valence-electron chi connectivity index (χ2n) is 8.09. The summed E-state index contributed by atoms with van der Waals surface area (Å²) in [5.41, 5.74) is 4.88. The highest BCUT2D eigenvalue weighted by Gasteiger charge is 2.24. The van der Waals surface area contributed by atoms with Crippen LogP contribution in [0.1, 0.15) is 33.5 Å². The summed E-state index contributed by atoms with van der Waals surface area (Å²) in [6.45, 7) is 5.26. The molecule has 2 aromatic carbocycles. The number of benzene rings is 2. The van der Waals surface area contributed by atoms with Crippen molar-refractivity contribution in [2.75, 3.05) is 39.6 Å². The summed E-state index contributed by atoms with van der Waals surface area (Å²) in [7, 11) is 0. The van der Waals surface area contributed by atoms with E-state index in [2.05, 4.69) is 4.98 Å². The SMILES string of the molecule is Cc1cccc2c1C(=O)CC(c1cccnc1OCCOCCOCCOCc1ccccc1)=N2. The Morgan fingerprint density at radius 1 is 0.800 bits per heavy atom. The number of nitrogens with zero attached hydrogens (tertiary/aromatic N) is 2. The predicted molar refractivity (Wildman–Crippen MR) is 134 cm³/mol. The van der Waals surface area contributed by atoms with Gasteiger partial charge in [0.1, 0.15) is 6.61 Å². The number of fused-ring (bicyclic) bond motifs is 1. The van der Waals surface area contributed by atoms with Gasteiger partial charge in [-0.1, -0.05) is 42.5 Å². The lowest BCUT2D eigenvalue weighted by molar-refractivity contribution is 0.00575. The van der Waals surface area contributed by atoms with E-state index in [9.17, 15) is 4.79 Å². The van der Waals surface area contributed by atoms with Crippen LogP contribution >= 0.6 is 0 Å². The number of aliphatic imine (C=N–C) groups is 1. The van der Waals surface area contributed by atoms with Gasteiger partial charge in [-0.05, 0) is 36.2 Å². The van der Waals surface area contributed by atoms with Crippen LogP contribution in [0, 0.1) is 6.92 Å². The molecule has 1 aromatic heterocycles. The maximum absolute atomic E-state index is 12.7. The molecule has 0 spiro atoms. The number of pyridine rings is 1. The fourth-order valence-corrected chi connectivity index (χ4v) is 3.82. The molecule has 0 saturated heterocycles. The van der Waals surface area contributed by atoms with Gasteiger partial charge in [0.25, 0.3) is 0 Å². The van der Waals surface area contributed by atoms with Crippen molar-refractivity contribution in [3.05, 3.63) is 89.1 Å². The number of hydrogen-bond donors (Lipinski definition) is 0. The Balaban J connectivity index is 1.16. The van der Waals surface area contributed by atoms with Crippen LogP contribution in [0.15, 0.2) is 71.9 Å². The van der Waals surface area contributed by atoms with Gasteiger partial charge in [-0.15, -0.1) is 0 Å². The highest BCUT2D eigenvalue weighted by Crippen LogP contribution is 2.31. The van der Waals surface area contributed by atoms with Gasteiger partial charge in [-0.25, -0.2) is 4.98 Å². The molecule has 1 aliphatic rings. The molecule has 0 amide bonds. The first kappa shape index (κ1) is 24.7. The molecule has 35 heavy (non-hydrogen) atoms. The minimum atomic E-state index is 0.0618. The molecule has 4 rings (SSSR count). The van der Waals surface area contributed by atoms with Crippen LogP contribution in [0.25, 0.3) is 0 Å². The molecule has 0 fully saturated rings. The first-order chi connectivity index (χ1) is 17.2. The Bertz CT molecular complexity index is 1150. The van der Waals surface area contributed by atoms with Crippen LogP contribution in [-0.2, 0) is 20.8 Å². The summed E-state index contributed by atoms with van der Waals surface area (Å²) in [5.74, 6) is 0.511. The second-order valence-corrected chi connectivity index (χ2v) is 8.09. The van der Waals surface area contributed by atoms with Gasteiger partial charge in [0.15, 0.2) is 5.78 Å². The monoisotopic (exact) mass is 474 g/mol. The van der Waals surface area contributed by atoms with E-state index in [-0.39, 0.29) is 12.2 Å². The Hall–Kier alpha value is -3.39. The maximum Gasteiger partial charge on any atom is 0.222 e. The van der Waals surface area contributed by atoms with Crippen molar-refractivity contribution in [1.82, 2.24) is 4.98 Å². The third-order valence-corrected chi connectivity index (χ3v) is 5.52. The van der Waals surface area contributed by atoms with Crippen LogP contribution in [0.2, 0.25) is 0 Å². The molecule has 0 aliphatic carbocycles. The molecule has 1 aliphatic heterocycles. The Labute approximate surface area is 205 Å². The van der Waals surface area contributed by atoms with E-state index in [4.69, 9.17) is 23.9 Å². The molecule has 7 heteroatoms. The summed E-state index contributed by atoms with van der Waals surface area (Å²) in [4.78, 5) is 21.8. The van der Waals surface area contributed by atoms with E-state index in [1.54, 1.807) is 6.20 Å². The van der Waals surface area contributed by atoms with Crippen LogP contribution in [0.5, 0.6) is 5.88 Å². The first-order valence-corrected chi connectivity index (χ1v) is 11.8. The Kier molecular flexibility index (Phi) is 9.11. The molecule has 0 radical (unpaired) electrons. The van der Waals surface area contributed by atoms with Gasteiger partial charge in [-0.2, -0.15) is 0 Å². The zero-order valence-corrected chi connectivity index (χ0v) is 19.9. The molecule has 0 unspecified atom stereocenters. The van der Waals surface area contributed by atoms with Crippen molar-refractivity contribution >= 4 is 17.2 Å². The number of aryl methyl sites for hydroxylation is 1. The van der Waals surface area contributed by atoms with Crippen molar-refractivity contribution in [2.45, 2.75) is 20.0 Å². The molecular weight excluding hydrogens is 444 g/mol. The quantitative estimate of drug-likeness (QED) is 0.334. The molecule has 0 bridgehead atoms. The van der Waals surface area contributed by atoms with Crippen molar-refractivity contribution in [1.29, 1.82) is 0 Å². The third kappa shape index (κ3) is 7.05. The molecule has 3 aromatic rings. The lowest BCUT2D eigenvalue weighted by atomic mass is 9.93. The maximum atomic E-state index is 12.7. The lowest BCUT2D eigenvalue weighted by Gasteiger charge is -2.18. The third-order valence-electron chi connectivity index (χ3n) is 5.52. The topological polar surface area (TPSA) is 79.2 Å². The number of hydrogen-bond acceptors (Lipinski definition) is 7. The van der Waals surface area contributed by atoms with Crippen LogP contribution in [-0.4, -0.2) is 56.1 Å². The van der Waals surface area contributed by atoms with E-state index >= 15 is 0 Å². The van der Waals surface area contributed by atoms with Crippen molar-refractivity contribution in [2.24, 2.45) is 4.99 Å². The molecule has 0 saturated carbocycles. The summed E-state index contributed by atoms with van der Waals surface area (Å²) >= 11 is 0. The number of carbonyl (C=O) groups excluding carboxylic acids is 1. The van der Waals surface area contributed by atoms with Gasteiger partial charge < -0.3 is 18.9 Å². The minimum Gasteiger partial charge on any atom is -0.475 e. The Morgan fingerprint density at radius 2 is 1.54 bits per heavy atom. The van der Waals surface area contributed by atoms with E-state index in [0.717, 1.165) is 16.7 Å². The number of ether oxygens (including phenoxy) is 4. The summed E-state index contributed by atoms with van der Waals surface area (Å²) in [6.07, 6.45) is 1.89. The van der Waals surface area contributed by atoms with Crippen LogP contribution in [0.3, 0.4) is 0 Å².